The van der Waals surface area contributed by atoms with Crippen LogP contribution in [0.3, 0.4) is 0 Å². The summed E-state index contributed by atoms with van der Waals surface area (Å²) in [6.07, 6.45) is 6.46. The first-order valence-electron chi connectivity index (χ1n) is 14.6. The van der Waals surface area contributed by atoms with E-state index in [0.717, 1.165) is 10.5 Å². The molecule has 4 aromatic carbocycles. The molecule has 1 aliphatic rings. The molecular formula is C36H36N3S+. The van der Waals surface area contributed by atoms with Crippen molar-refractivity contribution in [3.8, 4) is 33.1 Å². The molecule has 1 aliphatic carbocycles. The lowest BCUT2D eigenvalue weighted by Gasteiger charge is -2.21. The van der Waals surface area contributed by atoms with Gasteiger partial charge in [-0.3, -0.25) is 0 Å². The molecule has 0 unspecified atom stereocenters. The lowest BCUT2D eigenvalue weighted by Crippen LogP contribution is -2.31. The number of benzene rings is 4. The van der Waals surface area contributed by atoms with Gasteiger partial charge in [-0.05, 0) is 92.5 Å². The smallest absolute Gasteiger partial charge is 0.235 e. The van der Waals surface area contributed by atoms with Crippen LogP contribution in [0.15, 0.2) is 78.9 Å². The SMILES string of the molecule is Cc1cc(-c2ccccc2)cc(C)c1-c1nc2c(-c3n(C4CCCCC4)c4ccccc4[n+]3C)c(C)ccc2s1. The quantitative estimate of drug-likeness (QED) is 0.203. The Balaban J connectivity index is 1.44. The van der Waals surface area contributed by atoms with E-state index in [9.17, 15) is 0 Å². The largest absolute Gasteiger partial charge is 0.292 e. The molecule has 200 valence electrons. The number of aryl methyl sites for hydroxylation is 4. The van der Waals surface area contributed by atoms with Gasteiger partial charge in [0.2, 0.25) is 0 Å². The number of nitrogens with zero attached hydrogens (tertiary/aromatic N) is 3. The van der Waals surface area contributed by atoms with Gasteiger partial charge in [0.25, 0.3) is 5.82 Å². The summed E-state index contributed by atoms with van der Waals surface area (Å²) in [4.78, 5) is 5.43. The van der Waals surface area contributed by atoms with Crippen molar-refractivity contribution in [2.45, 2.75) is 58.9 Å². The van der Waals surface area contributed by atoms with Gasteiger partial charge in [-0.25, -0.2) is 14.1 Å². The zero-order valence-corrected chi connectivity index (χ0v) is 24.7. The Bertz CT molecular complexity index is 1850. The first kappa shape index (κ1) is 25.2. The third-order valence-electron chi connectivity index (χ3n) is 8.83. The standard InChI is InChI=1S/C36H36N3S/c1-23-19-20-31-34(37-35(40-31)32-24(2)21-27(22-25(32)3)26-13-7-5-8-14-26)33(23)36-38(4)29-17-11-12-18-30(29)39(36)28-15-9-6-10-16-28/h5,7-8,11-14,17-22,28H,6,9-10,15-16H2,1-4H3/q+1. The third kappa shape index (κ3) is 4.08. The fraction of sp³-hybridized carbons (Fsp3) is 0.278. The number of hydrogen-bond donors (Lipinski definition) is 0. The van der Waals surface area contributed by atoms with Crippen LogP contribution in [-0.4, -0.2) is 9.55 Å². The van der Waals surface area contributed by atoms with Gasteiger partial charge in [-0.2, -0.15) is 0 Å². The van der Waals surface area contributed by atoms with Crippen molar-refractivity contribution in [2.24, 2.45) is 7.05 Å². The molecule has 2 aromatic heterocycles. The first-order chi connectivity index (χ1) is 19.5. The van der Waals surface area contributed by atoms with Crippen LogP contribution in [0.25, 0.3) is 54.3 Å². The molecule has 0 bridgehead atoms. The Morgan fingerprint density at radius 2 is 1.45 bits per heavy atom. The minimum absolute atomic E-state index is 0.526. The molecule has 1 fully saturated rings. The van der Waals surface area contributed by atoms with E-state index in [1.807, 2.05) is 11.3 Å². The van der Waals surface area contributed by atoms with Crippen LogP contribution < -0.4 is 4.57 Å². The maximum absolute atomic E-state index is 5.43. The average Bonchev–Trinajstić information content (AvgIpc) is 3.52. The Hall–Kier alpha value is -3.76. The van der Waals surface area contributed by atoms with E-state index in [0.29, 0.717) is 6.04 Å². The van der Waals surface area contributed by atoms with Gasteiger partial charge < -0.3 is 0 Å². The van der Waals surface area contributed by atoms with Gasteiger partial charge >= 0.3 is 0 Å². The van der Waals surface area contributed by atoms with Crippen LogP contribution in [0.2, 0.25) is 0 Å². The lowest BCUT2D eigenvalue weighted by molar-refractivity contribution is -0.634. The highest BCUT2D eigenvalue weighted by atomic mass is 32.1. The van der Waals surface area contributed by atoms with E-state index < -0.39 is 0 Å². The van der Waals surface area contributed by atoms with E-state index in [1.54, 1.807) is 0 Å². The predicted octanol–water partition coefficient (Wildman–Crippen LogP) is 9.51. The van der Waals surface area contributed by atoms with Gasteiger partial charge in [0, 0.05) is 5.56 Å². The van der Waals surface area contributed by atoms with Crippen molar-refractivity contribution in [3.05, 3.63) is 95.6 Å². The maximum atomic E-state index is 5.43. The number of fused-ring (bicyclic) bond motifs is 2. The summed E-state index contributed by atoms with van der Waals surface area (Å²) in [6.45, 7) is 6.71. The highest BCUT2D eigenvalue weighted by Gasteiger charge is 2.33. The topological polar surface area (TPSA) is 21.7 Å². The van der Waals surface area contributed by atoms with Crippen LogP contribution in [-0.2, 0) is 7.05 Å². The predicted molar refractivity (Wildman–Crippen MR) is 169 cm³/mol. The number of rotatable bonds is 4. The monoisotopic (exact) mass is 542 g/mol. The Morgan fingerprint density at radius 3 is 2.20 bits per heavy atom. The summed E-state index contributed by atoms with van der Waals surface area (Å²) in [5.41, 5.74) is 12.7. The fourth-order valence-corrected chi connectivity index (χ4v) is 8.07. The first-order valence-corrected chi connectivity index (χ1v) is 15.4. The lowest BCUT2D eigenvalue weighted by atomic mass is 9.94. The van der Waals surface area contributed by atoms with E-state index in [1.165, 1.54) is 92.6 Å². The molecule has 4 heteroatoms. The molecule has 0 spiro atoms. The van der Waals surface area contributed by atoms with Gasteiger partial charge in [0.15, 0.2) is 11.0 Å². The van der Waals surface area contributed by atoms with E-state index >= 15 is 0 Å². The summed E-state index contributed by atoms with van der Waals surface area (Å²) >= 11 is 1.82. The Morgan fingerprint density at radius 1 is 0.750 bits per heavy atom. The second-order valence-corrected chi connectivity index (χ2v) is 12.5. The summed E-state index contributed by atoms with van der Waals surface area (Å²) in [6, 6.07) is 29.3. The zero-order chi connectivity index (χ0) is 27.4. The number of thiazole rings is 1. The van der Waals surface area contributed by atoms with Crippen LogP contribution in [0, 0.1) is 20.8 Å². The van der Waals surface area contributed by atoms with Crippen LogP contribution in [0.1, 0.15) is 54.8 Å². The van der Waals surface area contributed by atoms with Gasteiger partial charge in [-0.15, -0.1) is 11.3 Å². The molecular weight excluding hydrogens is 506 g/mol. The Labute approximate surface area is 240 Å². The average molecular weight is 543 g/mol. The molecule has 0 atom stereocenters. The van der Waals surface area contributed by atoms with Crippen molar-refractivity contribution in [1.29, 1.82) is 0 Å². The molecule has 0 aliphatic heterocycles. The third-order valence-corrected chi connectivity index (χ3v) is 9.87. The van der Waals surface area contributed by atoms with Crippen molar-refractivity contribution >= 4 is 32.6 Å². The zero-order valence-electron chi connectivity index (χ0n) is 23.9. The molecule has 0 saturated heterocycles. The molecule has 6 aromatic rings. The van der Waals surface area contributed by atoms with Crippen molar-refractivity contribution in [2.75, 3.05) is 0 Å². The van der Waals surface area contributed by atoms with Gasteiger partial charge in [0.1, 0.15) is 11.0 Å². The van der Waals surface area contributed by atoms with Crippen LogP contribution in [0.4, 0.5) is 0 Å². The number of aromatic nitrogens is 3. The number of imidazole rings is 1. The van der Waals surface area contributed by atoms with Crippen molar-refractivity contribution < 1.29 is 4.57 Å². The fourth-order valence-electron chi connectivity index (χ4n) is 6.92. The minimum atomic E-state index is 0.526. The molecule has 2 heterocycles. The highest BCUT2D eigenvalue weighted by Crippen LogP contribution is 2.42. The molecule has 1 saturated carbocycles. The van der Waals surface area contributed by atoms with E-state index in [4.69, 9.17) is 4.98 Å². The molecule has 7 rings (SSSR count). The number of hydrogen-bond acceptors (Lipinski definition) is 2. The van der Waals surface area contributed by atoms with E-state index in [-0.39, 0.29) is 0 Å². The maximum Gasteiger partial charge on any atom is 0.292 e. The van der Waals surface area contributed by atoms with Gasteiger partial charge in [-0.1, -0.05) is 67.1 Å². The highest BCUT2D eigenvalue weighted by molar-refractivity contribution is 7.21. The molecule has 3 nitrogen and oxygen atoms in total. The molecule has 40 heavy (non-hydrogen) atoms. The van der Waals surface area contributed by atoms with Crippen LogP contribution in [0.5, 0.6) is 0 Å². The minimum Gasteiger partial charge on any atom is -0.235 e. The molecule has 0 radical (unpaired) electrons. The number of para-hydroxylation sites is 2. The van der Waals surface area contributed by atoms with E-state index in [2.05, 4.69) is 116 Å². The van der Waals surface area contributed by atoms with Gasteiger partial charge in [0.05, 0.1) is 22.8 Å². The second kappa shape index (κ2) is 10.0. The van der Waals surface area contributed by atoms with Crippen molar-refractivity contribution in [3.63, 3.8) is 0 Å². The summed E-state index contributed by atoms with van der Waals surface area (Å²) in [5.74, 6) is 1.29. The van der Waals surface area contributed by atoms with Crippen LogP contribution >= 0.6 is 11.3 Å². The Kier molecular flexibility index (Phi) is 6.31. The normalized spacial score (nSPS) is 14.4. The molecule has 0 amide bonds. The van der Waals surface area contributed by atoms with Crippen molar-refractivity contribution in [1.82, 2.24) is 9.55 Å². The summed E-state index contributed by atoms with van der Waals surface area (Å²) in [5, 5.41) is 1.11. The molecule has 0 N–H and O–H groups in total. The second-order valence-electron chi connectivity index (χ2n) is 11.5. The summed E-state index contributed by atoms with van der Waals surface area (Å²) < 4.78 is 6.32. The summed E-state index contributed by atoms with van der Waals surface area (Å²) in [7, 11) is 2.24.